The van der Waals surface area contributed by atoms with Crippen LogP contribution in [0, 0.1) is 23.3 Å². The first kappa shape index (κ1) is 26.0. The zero-order valence-corrected chi connectivity index (χ0v) is 21.2. The molecule has 0 radical (unpaired) electrons. The first-order valence-electron chi connectivity index (χ1n) is 12.8. The lowest BCUT2D eigenvalue weighted by Gasteiger charge is -2.26. The van der Waals surface area contributed by atoms with Crippen molar-refractivity contribution in [2.45, 2.75) is 25.7 Å². The number of ether oxygens (including phenoxy) is 2. The third-order valence-corrected chi connectivity index (χ3v) is 7.16. The van der Waals surface area contributed by atoms with Gasteiger partial charge in [0.2, 0.25) is 0 Å². The number of nitrogens with zero attached hydrogens (tertiary/aromatic N) is 1. The van der Waals surface area contributed by atoms with Gasteiger partial charge in [0.1, 0.15) is 18.1 Å². The normalized spacial score (nSPS) is 14.1. The summed E-state index contributed by atoms with van der Waals surface area (Å²) in [7, 11) is 1.56. The van der Waals surface area contributed by atoms with E-state index >= 15 is 0 Å². The van der Waals surface area contributed by atoms with Crippen LogP contribution in [0.2, 0.25) is 0 Å². The zero-order valence-electron chi connectivity index (χ0n) is 21.2. The van der Waals surface area contributed by atoms with Gasteiger partial charge in [0, 0.05) is 12.1 Å². The van der Waals surface area contributed by atoms with Crippen LogP contribution in [0.25, 0.3) is 21.9 Å². The first-order chi connectivity index (χ1) is 18.4. The first-order valence-corrected chi connectivity index (χ1v) is 12.8. The van der Waals surface area contributed by atoms with E-state index in [1.165, 1.54) is 19.3 Å². The van der Waals surface area contributed by atoms with Gasteiger partial charge in [-0.3, -0.25) is 4.90 Å². The van der Waals surface area contributed by atoms with Crippen LogP contribution in [0.5, 0.6) is 11.5 Å². The molecule has 0 spiro atoms. The van der Waals surface area contributed by atoms with Gasteiger partial charge in [0.25, 0.3) is 0 Å². The molecule has 38 heavy (non-hydrogen) atoms. The van der Waals surface area contributed by atoms with Gasteiger partial charge >= 0.3 is 0 Å². The minimum absolute atomic E-state index is 0.292. The summed E-state index contributed by atoms with van der Waals surface area (Å²) in [6.07, 6.45) is 4.12. The van der Waals surface area contributed by atoms with Gasteiger partial charge in [-0.1, -0.05) is 36.8 Å². The maximum absolute atomic E-state index is 14.8. The Morgan fingerprint density at radius 3 is 2.21 bits per heavy atom. The Morgan fingerprint density at radius 1 is 0.737 bits per heavy atom. The van der Waals surface area contributed by atoms with Gasteiger partial charge in [-0.2, -0.15) is 0 Å². The van der Waals surface area contributed by atoms with Crippen molar-refractivity contribution in [2.24, 2.45) is 0 Å². The van der Waals surface area contributed by atoms with Crippen molar-refractivity contribution in [3.63, 3.8) is 0 Å². The van der Waals surface area contributed by atoms with Gasteiger partial charge in [-0.15, -0.1) is 0 Å². The number of fused-ring (bicyclic) bond motifs is 1. The monoisotopic (exact) mass is 523 g/mol. The third-order valence-electron chi connectivity index (χ3n) is 7.16. The van der Waals surface area contributed by atoms with E-state index in [0.29, 0.717) is 36.0 Å². The molecule has 3 nitrogen and oxygen atoms in total. The van der Waals surface area contributed by atoms with Crippen LogP contribution in [-0.2, 0) is 6.42 Å². The number of piperidine rings is 1. The highest BCUT2D eigenvalue weighted by Crippen LogP contribution is 2.36. The van der Waals surface area contributed by atoms with Crippen LogP contribution < -0.4 is 9.47 Å². The Kier molecular flexibility index (Phi) is 7.84. The van der Waals surface area contributed by atoms with Crippen molar-refractivity contribution in [3.05, 3.63) is 95.1 Å². The van der Waals surface area contributed by atoms with Crippen molar-refractivity contribution in [1.29, 1.82) is 0 Å². The molecule has 198 valence electrons. The summed E-state index contributed by atoms with van der Waals surface area (Å²) in [6.45, 7) is 3.73. The molecule has 0 N–H and O–H groups in total. The van der Waals surface area contributed by atoms with E-state index in [-0.39, 0.29) is 5.56 Å². The molecule has 0 amide bonds. The topological polar surface area (TPSA) is 21.7 Å². The number of hydrogen-bond donors (Lipinski definition) is 0. The van der Waals surface area contributed by atoms with Crippen molar-refractivity contribution >= 4 is 10.8 Å². The molecule has 0 aliphatic carbocycles. The van der Waals surface area contributed by atoms with Crippen molar-refractivity contribution in [1.82, 2.24) is 4.90 Å². The molecule has 7 heteroatoms. The molecule has 1 fully saturated rings. The molecule has 1 aliphatic rings. The van der Waals surface area contributed by atoms with Gasteiger partial charge in [-0.25, -0.2) is 17.6 Å². The number of benzene rings is 4. The summed E-state index contributed by atoms with van der Waals surface area (Å²) in [6, 6.07) is 17.1. The average Bonchev–Trinajstić information content (AvgIpc) is 2.95. The molecule has 5 rings (SSSR count). The molecule has 0 atom stereocenters. The van der Waals surface area contributed by atoms with Gasteiger partial charge < -0.3 is 9.47 Å². The van der Waals surface area contributed by atoms with Crippen LogP contribution in [0.4, 0.5) is 17.6 Å². The van der Waals surface area contributed by atoms with E-state index < -0.39 is 23.3 Å². The predicted octanol–water partition coefficient (Wildman–Crippen LogP) is 7.53. The summed E-state index contributed by atoms with van der Waals surface area (Å²) < 4.78 is 68.1. The SMILES string of the molecule is COc1ccc2c(Cc3ccc(OCCN4CCCCC4)cc3)c(-c3cc(F)c(F)c(F)c3F)ccc2c1. The minimum Gasteiger partial charge on any atom is -0.497 e. The quantitative estimate of drug-likeness (QED) is 0.135. The summed E-state index contributed by atoms with van der Waals surface area (Å²) >= 11 is 0. The second-order valence-electron chi connectivity index (χ2n) is 9.60. The number of likely N-dealkylation sites (tertiary alicyclic amines) is 1. The Balaban J connectivity index is 1.45. The largest absolute Gasteiger partial charge is 0.497 e. The lowest BCUT2D eigenvalue weighted by Crippen LogP contribution is -2.33. The van der Waals surface area contributed by atoms with E-state index in [1.807, 2.05) is 36.4 Å². The van der Waals surface area contributed by atoms with Crippen LogP contribution in [0.1, 0.15) is 30.4 Å². The molecule has 1 saturated heterocycles. The molecule has 0 bridgehead atoms. The summed E-state index contributed by atoms with van der Waals surface area (Å²) in [5.41, 5.74) is 1.53. The zero-order chi connectivity index (χ0) is 26.6. The molecule has 4 aromatic rings. The number of methoxy groups -OCH3 is 1. The van der Waals surface area contributed by atoms with Crippen LogP contribution in [0.3, 0.4) is 0 Å². The molecule has 1 aliphatic heterocycles. The average molecular weight is 524 g/mol. The highest BCUT2D eigenvalue weighted by atomic mass is 19.2. The Morgan fingerprint density at radius 2 is 1.47 bits per heavy atom. The standard InChI is InChI=1S/C31H29F4NO2/c1-37-23-10-12-24-21(18-23)7-11-25(27-19-28(32)30(34)31(35)29(27)33)26(24)17-20-5-8-22(9-6-20)38-16-15-36-13-3-2-4-14-36/h5-12,18-19H,2-4,13-17H2,1H3. The summed E-state index contributed by atoms with van der Waals surface area (Å²) in [5.74, 6) is -5.11. The van der Waals surface area contributed by atoms with Crippen LogP contribution in [0.15, 0.2) is 60.7 Å². The fourth-order valence-electron chi connectivity index (χ4n) is 5.09. The molecule has 1 heterocycles. The maximum Gasteiger partial charge on any atom is 0.198 e. The number of halogens is 4. The fourth-order valence-corrected chi connectivity index (χ4v) is 5.09. The third kappa shape index (κ3) is 5.48. The minimum atomic E-state index is -1.83. The Hall–Kier alpha value is -3.58. The van der Waals surface area contributed by atoms with Crippen molar-refractivity contribution in [3.8, 4) is 22.6 Å². The molecule has 0 unspecified atom stereocenters. The lowest BCUT2D eigenvalue weighted by atomic mass is 9.89. The van der Waals surface area contributed by atoms with Gasteiger partial charge in [0.05, 0.1) is 7.11 Å². The Bertz CT molecular complexity index is 1430. The van der Waals surface area contributed by atoms with E-state index in [9.17, 15) is 17.6 Å². The van der Waals surface area contributed by atoms with E-state index in [0.717, 1.165) is 41.7 Å². The molecule has 0 aromatic heterocycles. The maximum atomic E-state index is 14.8. The second kappa shape index (κ2) is 11.4. The highest BCUT2D eigenvalue weighted by Gasteiger charge is 2.22. The number of hydrogen-bond acceptors (Lipinski definition) is 3. The highest BCUT2D eigenvalue weighted by molar-refractivity contribution is 5.93. The van der Waals surface area contributed by atoms with Gasteiger partial charge in [-0.05, 0) is 90.1 Å². The van der Waals surface area contributed by atoms with Crippen molar-refractivity contribution < 1.29 is 27.0 Å². The van der Waals surface area contributed by atoms with Gasteiger partial charge in [0.15, 0.2) is 23.3 Å². The predicted molar refractivity (Wildman–Crippen MR) is 141 cm³/mol. The van der Waals surface area contributed by atoms with E-state index in [1.54, 1.807) is 25.3 Å². The van der Waals surface area contributed by atoms with Crippen LogP contribution >= 0.6 is 0 Å². The van der Waals surface area contributed by atoms with E-state index in [2.05, 4.69) is 4.90 Å². The molecular weight excluding hydrogens is 494 g/mol. The summed E-state index contributed by atoms with van der Waals surface area (Å²) in [4.78, 5) is 2.41. The van der Waals surface area contributed by atoms with E-state index in [4.69, 9.17) is 9.47 Å². The second-order valence-corrected chi connectivity index (χ2v) is 9.60. The summed E-state index contributed by atoms with van der Waals surface area (Å²) in [5, 5.41) is 1.60. The number of rotatable bonds is 8. The molecule has 0 saturated carbocycles. The lowest BCUT2D eigenvalue weighted by molar-refractivity contribution is 0.183. The fraction of sp³-hybridized carbons (Fsp3) is 0.290. The molecule has 4 aromatic carbocycles. The van der Waals surface area contributed by atoms with Crippen LogP contribution in [-0.4, -0.2) is 38.3 Å². The smallest absolute Gasteiger partial charge is 0.198 e. The van der Waals surface area contributed by atoms with Crippen molar-refractivity contribution in [2.75, 3.05) is 33.4 Å². The molecular formula is C31H29F4NO2. The Labute approximate surface area is 219 Å².